The lowest BCUT2D eigenvalue weighted by Crippen LogP contribution is -2.38. The van der Waals surface area contributed by atoms with Crippen LogP contribution < -0.4 is 5.32 Å². The molecule has 1 amide bonds. The number of hydrogen-bond donors (Lipinski definition) is 2. The maximum absolute atomic E-state index is 12.8. The zero-order valence-electron chi connectivity index (χ0n) is 13.5. The summed E-state index contributed by atoms with van der Waals surface area (Å²) in [5.74, 6) is 0.287. The average molecular weight is 335 g/mol. The molecular formula is C17H17N7O. The van der Waals surface area contributed by atoms with E-state index in [1.807, 2.05) is 6.07 Å². The van der Waals surface area contributed by atoms with Gasteiger partial charge >= 0.3 is 0 Å². The van der Waals surface area contributed by atoms with Crippen LogP contribution in [-0.2, 0) is 0 Å². The number of H-pyrrole nitrogens is 1. The number of hydrogen-bond acceptors (Lipinski definition) is 5. The summed E-state index contributed by atoms with van der Waals surface area (Å²) in [4.78, 5) is 28.7. The minimum absolute atomic E-state index is 0.0776. The molecule has 0 aromatic carbocycles. The van der Waals surface area contributed by atoms with Crippen LogP contribution in [0.25, 0.3) is 17.0 Å². The molecule has 3 aromatic rings. The van der Waals surface area contributed by atoms with Gasteiger partial charge in [0.25, 0.3) is 5.91 Å². The first-order valence-electron chi connectivity index (χ1n) is 8.28. The number of aromatic amines is 1. The highest BCUT2D eigenvalue weighted by Crippen LogP contribution is 2.24. The summed E-state index contributed by atoms with van der Waals surface area (Å²) in [6.45, 7) is 0. The third-order valence-corrected chi connectivity index (χ3v) is 4.59. The number of carbonyl (C=O) groups is 1. The second-order valence-electron chi connectivity index (χ2n) is 6.23. The van der Waals surface area contributed by atoms with Crippen LogP contribution in [0.1, 0.15) is 36.2 Å². The molecule has 8 heteroatoms. The first kappa shape index (κ1) is 15.3. The van der Waals surface area contributed by atoms with Crippen molar-refractivity contribution < 1.29 is 4.79 Å². The van der Waals surface area contributed by atoms with Gasteiger partial charge in [-0.3, -0.25) is 9.36 Å². The molecule has 3 heterocycles. The molecule has 4 rings (SSSR count). The van der Waals surface area contributed by atoms with Crippen molar-refractivity contribution in [1.82, 2.24) is 29.8 Å². The summed E-state index contributed by atoms with van der Waals surface area (Å²) >= 11 is 0. The van der Waals surface area contributed by atoms with Crippen molar-refractivity contribution in [2.45, 2.75) is 31.7 Å². The summed E-state index contributed by atoms with van der Waals surface area (Å²) in [7, 11) is 0. The fourth-order valence-electron chi connectivity index (χ4n) is 3.21. The Balaban J connectivity index is 1.61. The van der Waals surface area contributed by atoms with Gasteiger partial charge in [-0.05, 0) is 31.7 Å². The van der Waals surface area contributed by atoms with Gasteiger partial charge in [0.05, 0.1) is 17.1 Å². The van der Waals surface area contributed by atoms with E-state index in [9.17, 15) is 4.79 Å². The van der Waals surface area contributed by atoms with Gasteiger partial charge in [0.2, 0.25) is 5.95 Å². The van der Waals surface area contributed by atoms with E-state index in [-0.39, 0.29) is 17.9 Å². The van der Waals surface area contributed by atoms with Crippen LogP contribution in [-0.4, -0.2) is 36.5 Å². The van der Waals surface area contributed by atoms with Crippen molar-refractivity contribution in [2.75, 3.05) is 0 Å². The molecule has 1 aliphatic carbocycles. The molecule has 8 nitrogen and oxygen atoms in total. The van der Waals surface area contributed by atoms with E-state index >= 15 is 0 Å². The highest BCUT2D eigenvalue weighted by molar-refractivity contribution is 6.03. The second kappa shape index (κ2) is 6.36. The van der Waals surface area contributed by atoms with Crippen molar-refractivity contribution in [1.29, 1.82) is 5.26 Å². The second-order valence-corrected chi connectivity index (χ2v) is 6.23. The number of nitrogens with one attached hydrogen (secondary N) is 2. The summed E-state index contributed by atoms with van der Waals surface area (Å²) in [6.07, 6.45) is 9.99. The zero-order chi connectivity index (χ0) is 17.2. The molecule has 0 aliphatic heterocycles. The van der Waals surface area contributed by atoms with Crippen LogP contribution in [0.15, 0.2) is 31.0 Å². The van der Waals surface area contributed by atoms with E-state index in [1.165, 1.54) is 0 Å². The lowest BCUT2D eigenvalue weighted by atomic mass is 9.87. The van der Waals surface area contributed by atoms with Crippen LogP contribution in [0.2, 0.25) is 0 Å². The van der Waals surface area contributed by atoms with Gasteiger partial charge in [0.15, 0.2) is 5.69 Å². The molecule has 1 saturated carbocycles. The number of fused-ring (bicyclic) bond motifs is 1. The molecule has 0 spiro atoms. The molecule has 1 aliphatic rings. The molecule has 126 valence electrons. The Morgan fingerprint density at radius 1 is 1.32 bits per heavy atom. The smallest absolute Gasteiger partial charge is 0.272 e. The van der Waals surface area contributed by atoms with Crippen LogP contribution in [0.5, 0.6) is 0 Å². The fraction of sp³-hybridized carbons (Fsp3) is 0.353. The molecule has 0 radical (unpaired) electrons. The highest BCUT2D eigenvalue weighted by Gasteiger charge is 2.24. The van der Waals surface area contributed by atoms with E-state index in [1.54, 1.807) is 29.5 Å². The Morgan fingerprint density at radius 2 is 2.16 bits per heavy atom. The maximum Gasteiger partial charge on any atom is 0.272 e. The van der Waals surface area contributed by atoms with Crippen molar-refractivity contribution in [3.8, 4) is 12.0 Å². The van der Waals surface area contributed by atoms with E-state index in [4.69, 9.17) is 5.26 Å². The fourth-order valence-corrected chi connectivity index (χ4v) is 3.21. The third-order valence-electron chi connectivity index (χ3n) is 4.59. The Kier molecular flexibility index (Phi) is 3.90. The van der Waals surface area contributed by atoms with Crippen molar-refractivity contribution >= 4 is 16.9 Å². The third kappa shape index (κ3) is 2.96. The number of nitrogens with zero attached hydrogens (tertiary/aromatic N) is 5. The van der Waals surface area contributed by atoms with E-state index < -0.39 is 0 Å². The Morgan fingerprint density at radius 3 is 2.88 bits per heavy atom. The molecule has 0 atom stereocenters. The predicted molar refractivity (Wildman–Crippen MR) is 89.8 cm³/mol. The molecular weight excluding hydrogens is 318 g/mol. The number of nitriles is 1. The number of carbonyl (C=O) groups excluding carboxylic acids is 1. The van der Waals surface area contributed by atoms with Gasteiger partial charge in [0, 0.05) is 30.6 Å². The standard InChI is InChI=1S/C17H17N7O/c18-9-11-1-3-12(4-2-11)21-16(25)15-14-13(5-6-20-14)22-17(23-15)24-8-7-19-10-24/h5-8,10-12,20H,1-4H2,(H,21,25). The van der Waals surface area contributed by atoms with Crippen LogP contribution in [0.4, 0.5) is 0 Å². The van der Waals surface area contributed by atoms with Gasteiger partial charge in [-0.1, -0.05) is 0 Å². The van der Waals surface area contributed by atoms with Crippen LogP contribution in [0.3, 0.4) is 0 Å². The van der Waals surface area contributed by atoms with Crippen LogP contribution in [0, 0.1) is 17.2 Å². The van der Waals surface area contributed by atoms with Gasteiger partial charge < -0.3 is 10.3 Å². The zero-order valence-corrected chi connectivity index (χ0v) is 13.5. The largest absolute Gasteiger partial charge is 0.358 e. The topological polar surface area (TPSA) is 112 Å². The lowest BCUT2D eigenvalue weighted by molar-refractivity contribution is 0.0921. The minimum atomic E-state index is -0.225. The number of imidazole rings is 1. The van der Waals surface area contributed by atoms with E-state index in [0.29, 0.717) is 22.7 Å². The molecule has 1 fully saturated rings. The summed E-state index contributed by atoms with van der Waals surface area (Å²) in [6, 6.07) is 4.20. The Bertz CT molecular complexity index is 930. The maximum atomic E-state index is 12.8. The molecule has 0 bridgehead atoms. The van der Waals surface area contributed by atoms with Crippen molar-refractivity contribution in [3.63, 3.8) is 0 Å². The van der Waals surface area contributed by atoms with Crippen molar-refractivity contribution in [3.05, 3.63) is 36.7 Å². The first-order valence-corrected chi connectivity index (χ1v) is 8.28. The monoisotopic (exact) mass is 335 g/mol. The van der Waals surface area contributed by atoms with E-state index in [0.717, 1.165) is 25.7 Å². The van der Waals surface area contributed by atoms with Gasteiger partial charge in [-0.25, -0.2) is 15.0 Å². The van der Waals surface area contributed by atoms with Gasteiger partial charge in [-0.15, -0.1) is 0 Å². The first-order chi connectivity index (χ1) is 12.2. The number of amides is 1. The van der Waals surface area contributed by atoms with E-state index in [2.05, 4.69) is 31.3 Å². The Hall–Kier alpha value is -3.21. The quantitative estimate of drug-likeness (QED) is 0.760. The normalized spacial score (nSPS) is 20.3. The summed E-state index contributed by atoms with van der Waals surface area (Å²) in [5.41, 5.74) is 1.62. The van der Waals surface area contributed by atoms with Crippen molar-refractivity contribution in [2.24, 2.45) is 5.92 Å². The van der Waals surface area contributed by atoms with Crippen LogP contribution >= 0.6 is 0 Å². The predicted octanol–water partition coefficient (Wildman–Crippen LogP) is 1.96. The number of aromatic nitrogens is 5. The summed E-state index contributed by atoms with van der Waals surface area (Å²) < 4.78 is 1.67. The highest BCUT2D eigenvalue weighted by atomic mass is 16.2. The average Bonchev–Trinajstić information content (AvgIpc) is 3.32. The molecule has 25 heavy (non-hydrogen) atoms. The van der Waals surface area contributed by atoms with Gasteiger partial charge in [0.1, 0.15) is 6.33 Å². The molecule has 0 unspecified atom stereocenters. The van der Waals surface area contributed by atoms with Gasteiger partial charge in [-0.2, -0.15) is 5.26 Å². The molecule has 3 aromatic heterocycles. The SMILES string of the molecule is N#CC1CCC(NC(=O)c2nc(-n3ccnc3)nc3cc[nH]c23)CC1. The Labute approximate surface area is 143 Å². The lowest BCUT2D eigenvalue weighted by Gasteiger charge is -2.25. The molecule has 2 N–H and O–H groups in total. The number of rotatable bonds is 3. The minimum Gasteiger partial charge on any atom is -0.358 e. The summed E-state index contributed by atoms with van der Waals surface area (Å²) in [5, 5.41) is 12.0. The molecule has 0 saturated heterocycles.